The van der Waals surface area contributed by atoms with Crippen molar-refractivity contribution in [2.24, 2.45) is 5.41 Å². The van der Waals surface area contributed by atoms with Crippen molar-refractivity contribution in [3.63, 3.8) is 0 Å². The van der Waals surface area contributed by atoms with E-state index in [9.17, 15) is 9.59 Å². The Morgan fingerprint density at radius 1 is 1.25 bits per heavy atom. The molecule has 5 nitrogen and oxygen atoms in total. The number of likely N-dealkylation sites (tertiary alicyclic amines) is 1. The quantitative estimate of drug-likeness (QED) is 0.922. The van der Waals surface area contributed by atoms with Crippen LogP contribution in [0.1, 0.15) is 49.5 Å². The van der Waals surface area contributed by atoms with E-state index in [0.29, 0.717) is 25.3 Å². The minimum absolute atomic E-state index is 0.0615. The Balaban J connectivity index is 1.88. The molecular formula is C19H28N2O3. The Morgan fingerprint density at radius 2 is 1.92 bits per heavy atom. The molecule has 24 heavy (non-hydrogen) atoms. The van der Waals surface area contributed by atoms with E-state index in [4.69, 9.17) is 4.74 Å². The van der Waals surface area contributed by atoms with E-state index in [0.717, 1.165) is 18.4 Å². The normalized spacial score (nSPS) is 16.1. The van der Waals surface area contributed by atoms with Crippen LogP contribution < -0.4 is 5.32 Å². The smallest absolute Gasteiger partial charge is 0.251 e. The van der Waals surface area contributed by atoms with Gasteiger partial charge in [-0.25, -0.2) is 0 Å². The van der Waals surface area contributed by atoms with E-state index in [2.05, 4.69) is 5.32 Å². The number of nitrogens with one attached hydrogen (secondary N) is 1. The minimum atomic E-state index is -0.349. The van der Waals surface area contributed by atoms with Crippen LogP contribution in [0.25, 0.3) is 0 Å². The van der Waals surface area contributed by atoms with Crippen LogP contribution >= 0.6 is 0 Å². The fraction of sp³-hybridized carbons (Fsp3) is 0.579. The number of rotatable bonds is 4. The van der Waals surface area contributed by atoms with E-state index in [1.807, 2.05) is 49.9 Å². The minimum Gasteiger partial charge on any atom is -0.380 e. The maximum atomic E-state index is 12.4. The number of carbonyl (C=O) groups is 2. The first-order chi connectivity index (χ1) is 11.3. The lowest BCUT2D eigenvalue weighted by atomic mass is 9.93. The second kappa shape index (κ2) is 7.79. The summed E-state index contributed by atoms with van der Waals surface area (Å²) in [7, 11) is 1.64. The molecule has 1 saturated heterocycles. The lowest BCUT2D eigenvalue weighted by Gasteiger charge is -2.36. The van der Waals surface area contributed by atoms with Crippen LogP contribution in [0.3, 0.4) is 0 Å². The first kappa shape index (κ1) is 18.5. The van der Waals surface area contributed by atoms with Gasteiger partial charge >= 0.3 is 0 Å². The van der Waals surface area contributed by atoms with Crippen LogP contribution in [0.15, 0.2) is 24.3 Å². The van der Waals surface area contributed by atoms with E-state index in [1.165, 1.54) is 0 Å². The van der Waals surface area contributed by atoms with Gasteiger partial charge in [-0.1, -0.05) is 32.9 Å². The fourth-order valence-corrected chi connectivity index (χ4v) is 2.94. The second-order valence-electron chi connectivity index (χ2n) is 7.42. The summed E-state index contributed by atoms with van der Waals surface area (Å²) in [6, 6.07) is 7.60. The Bertz CT molecular complexity index is 585. The molecule has 1 aliphatic heterocycles. The molecule has 1 N–H and O–H groups in total. The van der Waals surface area contributed by atoms with E-state index in [-0.39, 0.29) is 23.3 Å². The first-order valence-corrected chi connectivity index (χ1v) is 8.49. The summed E-state index contributed by atoms with van der Waals surface area (Å²) in [4.78, 5) is 26.6. The molecule has 0 saturated carbocycles. The molecule has 2 amide bonds. The van der Waals surface area contributed by atoms with Crippen molar-refractivity contribution in [3.05, 3.63) is 35.4 Å². The predicted octanol–water partition coefficient (Wildman–Crippen LogP) is 2.60. The highest BCUT2D eigenvalue weighted by molar-refractivity contribution is 5.94. The monoisotopic (exact) mass is 332 g/mol. The molecule has 1 aliphatic rings. The van der Waals surface area contributed by atoms with Crippen molar-refractivity contribution in [3.8, 4) is 0 Å². The highest BCUT2D eigenvalue weighted by Gasteiger charge is 2.30. The van der Waals surface area contributed by atoms with E-state index >= 15 is 0 Å². The number of methoxy groups -OCH3 is 1. The first-order valence-electron chi connectivity index (χ1n) is 8.49. The number of nitrogens with zero attached hydrogens (tertiary/aromatic N) is 1. The molecule has 1 fully saturated rings. The molecule has 5 heteroatoms. The lowest BCUT2D eigenvalue weighted by molar-refractivity contribution is -0.140. The number of ether oxygens (including phenoxy) is 1. The van der Waals surface area contributed by atoms with Gasteiger partial charge in [0.15, 0.2) is 0 Å². The number of hydrogen-bond acceptors (Lipinski definition) is 3. The van der Waals surface area contributed by atoms with Gasteiger partial charge in [0.2, 0.25) is 5.91 Å². The third-order valence-corrected chi connectivity index (χ3v) is 4.26. The summed E-state index contributed by atoms with van der Waals surface area (Å²) in [5.74, 6) is 0.119. The van der Waals surface area contributed by atoms with Crippen LogP contribution in [0.4, 0.5) is 0 Å². The summed E-state index contributed by atoms with van der Waals surface area (Å²) in [5.41, 5.74) is 1.28. The maximum Gasteiger partial charge on any atom is 0.251 e. The van der Waals surface area contributed by atoms with Crippen molar-refractivity contribution >= 4 is 11.8 Å². The van der Waals surface area contributed by atoms with Crippen molar-refractivity contribution in [1.29, 1.82) is 0 Å². The Morgan fingerprint density at radius 3 is 2.50 bits per heavy atom. The molecule has 0 atom stereocenters. The zero-order chi connectivity index (χ0) is 17.7. The molecule has 1 aromatic carbocycles. The van der Waals surface area contributed by atoms with Gasteiger partial charge in [0, 0.05) is 37.2 Å². The zero-order valence-corrected chi connectivity index (χ0v) is 15.1. The number of carbonyl (C=O) groups excluding carboxylic acids is 2. The topological polar surface area (TPSA) is 58.6 Å². The molecule has 0 spiro atoms. The summed E-state index contributed by atoms with van der Waals surface area (Å²) < 4.78 is 5.11. The van der Waals surface area contributed by atoms with Gasteiger partial charge in [0.1, 0.15) is 0 Å². The standard InChI is InChI=1S/C19H28N2O3/c1-19(2,3)18(23)21-10-8-16(9-11-21)20-17(22)15-7-5-6-14(12-15)13-24-4/h5-7,12,16H,8-11,13H2,1-4H3,(H,20,22). The highest BCUT2D eigenvalue weighted by atomic mass is 16.5. The summed E-state index contributed by atoms with van der Waals surface area (Å²) in [6.07, 6.45) is 1.59. The van der Waals surface area contributed by atoms with Gasteiger partial charge in [0.05, 0.1) is 6.61 Å². The molecule has 0 unspecified atom stereocenters. The van der Waals surface area contributed by atoms with Crippen molar-refractivity contribution in [2.45, 2.75) is 46.3 Å². The van der Waals surface area contributed by atoms with Crippen LogP contribution in [0, 0.1) is 5.41 Å². The third-order valence-electron chi connectivity index (χ3n) is 4.26. The van der Waals surface area contributed by atoms with E-state index in [1.54, 1.807) is 7.11 Å². The fourth-order valence-electron chi connectivity index (χ4n) is 2.94. The van der Waals surface area contributed by atoms with Gasteiger partial charge in [0.25, 0.3) is 5.91 Å². The number of benzene rings is 1. The molecule has 2 rings (SSSR count). The SMILES string of the molecule is COCc1cccc(C(=O)NC2CCN(C(=O)C(C)(C)C)CC2)c1. The predicted molar refractivity (Wildman–Crippen MR) is 93.7 cm³/mol. The number of amides is 2. The van der Waals surface area contributed by atoms with Gasteiger partial charge < -0.3 is 15.0 Å². The van der Waals surface area contributed by atoms with Crippen LogP contribution in [-0.4, -0.2) is 43.0 Å². The summed E-state index contributed by atoms with van der Waals surface area (Å²) in [5, 5.41) is 3.08. The van der Waals surface area contributed by atoms with Gasteiger partial charge in [-0.3, -0.25) is 9.59 Å². The Labute approximate surface area is 144 Å². The summed E-state index contributed by atoms with van der Waals surface area (Å²) >= 11 is 0. The molecule has 1 heterocycles. The van der Waals surface area contributed by atoms with Crippen LogP contribution in [0.2, 0.25) is 0 Å². The molecular weight excluding hydrogens is 304 g/mol. The highest BCUT2D eigenvalue weighted by Crippen LogP contribution is 2.21. The van der Waals surface area contributed by atoms with Crippen LogP contribution in [-0.2, 0) is 16.1 Å². The average Bonchev–Trinajstić information content (AvgIpc) is 2.54. The lowest BCUT2D eigenvalue weighted by Crippen LogP contribution is -2.49. The Hall–Kier alpha value is -1.88. The van der Waals surface area contributed by atoms with Gasteiger partial charge in [-0.05, 0) is 30.5 Å². The second-order valence-corrected chi connectivity index (χ2v) is 7.42. The number of piperidine rings is 1. The average molecular weight is 332 g/mol. The molecule has 0 radical (unpaired) electrons. The Kier molecular flexibility index (Phi) is 5.99. The number of hydrogen-bond donors (Lipinski definition) is 1. The molecule has 132 valence electrons. The van der Waals surface area contributed by atoms with Crippen molar-refractivity contribution in [2.75, 3.05) is 20.2 Å². The van der Waals surface area contributed by atoms with E-state index < -0.39 is 0 Å². The largest absolute Gasteiger partial charge is 0.380 e. The maximum absolute atomic E-state index is 12.4. The zero-order valence-electron chi connectivity index (χ0n) is 15.1. The van der Waals surface area contributed by atoms with Crippen molar-refractivity contribution < 1.29 is 14.3 Å². The molecule has 1 aromatic rings. The van der Waals surface area contributed by atoms with Gasteiger partial charge in [-0.15, -0.1) is 0 Å². The molecule has 0 bridgehead atoms. The third kappa shape index (κ3) is 4.81. The molecule has 0 aliphatic carbocycles. The van der Waals surface area contributed by atoms with Crippen molar-refractivity contribution in [1.82, 2.24) is 10.2 Å². The molecule has 0 aromatic heterocycles. The summed E-state index contributed by atoms with van der Waals surface area (Å²) in [6.45, 7) is 7.71. The van der Waals surface area contributed by atoms with Gasteiger partial charge in [-0.2, -0.15) is 0 Å². The van der Waals surface area contributed by atoms with Crippen LogP contribution in [0.5, 0.6) is 0 Å².